The van der Waals surface area contributed by atoms with Crippen molar-refractivity contribution >= 4 is 0 Å². The Labute approximate surface area is 198 Å². The van der Waals surface area contributed by atoms with Crippen LogP contribution < -0.4 is 0 Å². The zero-order valence-corrected chi connectivity index (χ0v) is 22.0. The SMILES string of the molecule is CC[C@]1(O)CC[C@@]2(C)C(=CC[C@H]3[C@@H]4CC[C@H]([C@H](C)CC[C@H](O)C(C)C)[C@@]4(CC)CC[C@@H]32)C1. The Balaban J connectivity index is 1.53. The third-order valence-corrected chi connectivity index (χ3v) is 11.7. The van der Waals surface area contributed by atoms with Crippen LogP contribution in [0.2, 0.25) is 0 Å². The Bertz CT molecular complexity index is 697. The monoisotopic (exact) mass is 444 g/mol. The molecule has 4 aliphatic rings. The second-order valence-corrected chi connectivity index (χ2v) is 13.2. The van der Waals surface area contributed by atoms with Crippen LogP contribution in [0.1, 0.15) is 119 Å². The minimum Gasteiger partial charge on any atom is -0.393 e. The number of hydrogen-bond donors (Lipinski definition) is 2. The van der Waals surface area contributed by atoms with Gasteiger partial charge in [0.25, 0.3) is 0 Å². The van der Waals surface area contributed by atoms with E-state index in [1.165, 1.54) is 51.4 Å². The van der Waals surface area contributed by atoms with Gasteiger partial charge in [-0.25, -0.2) is 0 Å². The molecule has 0 spiro atoms. The van der Waals surface area contributed by atoms with Crippen LogP contribution in [0, 0.1) is 46.3 Å². The van der Waals surface area contributed by atoms with E-state index in [0.717, 1.165) is 55.3 Å². The van der Waals surface area contributed by atoms with Gasteiger partial charge in [0, 0.05) is 0 Å². The maximum Gasteiger partial charge on any atom is 0.0682 e. The number of rotatable bonds is 7. The van der Waals surface area contributed by atoms with Gasteiger partial charge in [-0.05, 0) is 123 Å². The van der Waals surface area contributed by atoms with E-state index in [1.807, 2.05) is 0 Å². The van der Waals surface area contributed by atoms with E-state index in [4.69, 9.17) is 0 Å². The minimum absolute atomic E-state index is 0.141. The van der Waals surface area contributed by atoms with Crippen LogP contribution in [0.25, 0.3) is 0 Å². The molecule has 9 atom stereocenters. The van der Waals surface area contributed by atoms with Crippen molar-refractivity contribution in [3.05, 3.63) is 11.6 Å². The Kier molecular flexibility index (Phi) is 6.99. The first kappa shape index (κ1) is 24.8. The molecule has 184 valence electrons. The molecule has 0 unspecified atom stereocenters. The van der Waals surface area contributed by atoms with Crippen molar-refractivity contribution in [3.8, 4) is 0 Å². The highest BCUT2D eigenvalue weighted by Gasteiger charge is 2.60. The highest BCUT2D eigenvalue weighted by Crippen LogP contribution is 2.69. The fraction of sp³-hybridized carbons (Fsp3) is 0.933. The average Bonchev–Trinajstić information content (AvgIpc) is 3.18. The van der Waals surface area contributed by atoms with E-state index in [-0.39, 0.29) is 6.10 Å². The summed E-state index contributed by atoms with van der Waals surface area (Å²) in [5, 5.41) is 21.4. The molecule has 0 heterocycles. The lowest BCUT2D eigenvalue weighted by Gasteiger charge is -2.60. The molecule has 0 bridgehead atoms. The predicted octanol–water partition coefficient (Wildman–Crippen LogP) is 7.53. The first-order chi connectivity index (χ1) is 15.1. The quantitative estimate of drug-likeness (QED) is 0.398. The topological polar surface area (TPSA) is 40.5 Å². The molecule has 32 heavy (non-hydrogen) atoms. The molecule has 2 nitrogen and oxygen atoms in total. The van der Waals surface area contributed by atoms with Gasteiger partial charge in [0.2, 0.25) is 0 Å². The molecule has 0 radical (unpaired) electrons. The maximum atomic E-state index is 11.0. The van der Waals surface area contributed by atoms with Crippen LogP contribution in [0.4, 0.5) is 0 Å². The molecule has 2 heteroatoms. The second-order valence-electron chi connectivity index (χ2n) is 13.2. The van der Waals surface area contributed by atoms with E-state index < -0.39 is 5.60 Å². The Morgan fingerprint density at radius 2 is 1.72 bits per heavy atom. The Morgan fingerprint density at radius 1 is 0.969 bits per heavy atom. The van der Waals surface area contributed by atoms with Gasteiger partial charge in [-0.3, -0.25) is 0 Å². The molecule has 0 aliphatic heterocycles. The molecule has 4 rings (SSSR count). The number of aliphatic hydroxyl groups excluding tert-OH is 1. The summed E-state index contributed by atoms with van der Waals surface area (Å²) in [4.78, 5) is 0. The predicted molar refractivity (Wildman–Crippen MR) is 134 cm³/mol. The first-order valence-corrected chi connectivity index (χ1v) is 14.2. The van der Waals surface area contributed by atoms with E-state index in [9.17, 15) is 10.2 Å². The zero-order valence-electron chi connectivity index (χ0n) is 22.0. The molecule has 4 aliphatic carbocycles. The summed E-state index contributed by atoms with van der Waals surface area (Å²) in [5.41, 5.74) is 2.01. The molecule has 3 fully saturated rings. The van der Waals surface area contributed by atoms with Crippen LogP contribution in [-0.4, -0.2) is 21.9 Å². The maximum absolute atomic E-state index is 11.0. The molecular formula is C30H52O2. The summed E-state index contributed by atoms with van der Waals surface area (Å²) in [6, 6.07) is 0. The van der Waals surface area contributed by atoms with Gasteiger partial charge >= 0.3 is 0 Å². The van der Waals surface area contributed by atoms with Crippen molar-refractivity contribution in [2.45, 2.75) is 130 Å². The van der Waals surface area contributed by atoms with Crippen molar-refractivity contribution in [2.24, 2.45) is 46.3 Å². The fourth-order valence-corrected chi connectivity index (χ4v) is 9.39. The van der Waals surface area contributed by atoms with Crippen LogP contribution >= 0.6 is 0 Å². The van der Waals surface area contributed by atoms with Crippen LogP contribution in [0.5, 0.6) is 0 Å². The van der Waals surface area contributed by atoms with Crippen molar-refractivity contribution in [2.75, 3.05) is 0 Å². The lowest BCUT2D eigenvalue weighted by molar-refractivity contribution is -0.0833. The first-order valence-electron chi connectivity index (χ1n) is 14.2. The fourth-order valence-electron chi connectivity index (χ4n) is 9.39. The summed E-state index contributed by atoms with van der Waals surface area (Å²) in [6.07, 6.45) is 16.8. The van der Waals surface area contributed by atoms with Crippen molar-refractivity contribution < 1.29 is 10.2 Å². The standard InChI is InChI=1S/C30H52O2/c1-7-29(32)18-17-28(6)22(19-29)10-11-23-25(28)15-16-30(8-2)24(12-13-26(23)30)21(5)9-14-27(31)20(3)4/h10,20-21,23-27,31-32H,7-9,11-19H2,1-6H3/t21-,23-,24-,25+,26+,27+,28+,29+,30-/m1/s1. The van der Waals surface area contributed by atoms with Gasteiger partial charge in [0.1, 0.15) is 0 Å². The minimum atomic E-state index is -0.450. The lowest BCUT2D eigenvalue weighted by atomic mass is 9.45. The van der Waals surface area contributed by atoms with Gasteiger partial charge < -0.3 is 10.2 Å². The molecule has 2 N–H and O–H groups in total. The van der Waals surface area contributed by atoms with Crippen molar-refractivity contribution in [3.63, 3.8) is 0 Å². The number of aliphatic hydroxyl groups is 2. The second kappa shape index (κ2) is 9.03. The molecular weight excluding hydrogens is 392 g/mol. The van der Waals surface area contributed by atoms with Gasteiger partial charge in [0.05, 0.1) is 11.7 Å². The highest BCUT2D eigenvalue weighted by molar-refractivity contribution is 5.27. The van der Waals surface area contributed by atoms with Crippen molar-refractivity contribution in [1.82, 2.24) is 0 Å². The number of fused-ring (bicyclic) bond motifs is 5. The zero-order chi connectivity index (χ0) is 23.3. The van der Waals surface area contributed by atoms with Gasteiger partial charge in [0.15, 0.2) is 0 Å². The summed E-state index contributed by atoms with van der Waals surface area (Å²) in [5.74, 6) is 4.50. The van der Waals surface area contributed by atoms with Crippen LogP contribution in [0.15, 0.2) is 11.6 Å². The summed E-state index contributed by atoms with van der Waals surface area (Å²) in [7, 11) is 0. The molecule has 0 aromatic heterocycles. The molecule has 0 saturated heterocycles. The van der Waals surface area contributed by atoms with E-state index in [1.54, 1.807) is 5.57 Å². The molecule has 3 saturated carbocycles. The Morgan fingerprint density at radius 3 is 2.38 bits per heavy atom. The molecule has 0 amide bonds. The average molecular weight is 445 g/mol. The van der Waals surface area contributed by atoms with E-state index in [0.29, 0.717) is 16.7 Å². The normalized spacial score (nSPS) is 45.6. The van der Waals surface area contributed by atoms with Gasteiger partial charge in [-0.15, -0.1) is 0 Å². The highest BCUT2D eigenvalue weighted by atomic mass is 16.3. The molecule has 0 aromatic carbocycles. The third kappa shape index (κ3) is 3.94. The van der Waals surface area contributed by atoms with E-state index in [2.05, 4.69) is 47.6 Å². The van der Waals surface area contributed by atoms with Crippen LogP contribution in [0.3, 0.4) is 0 Å². The Hall–Kier alpha value is -0.340. The summed E-state index contributed by atoms with van der Waals surface area (Å²) >= 11 is 0. The van der Waals surface area contributed by atoms with Crippen LogP contribution in [-0.2, 0) is 0 Å². The number of allylic oxidation sites excluding steroid dienone is 1. The van der Waals surface area contributed by atoms with Crippen molar-refractivity contribution in [1.29, 1.82) is 0 Å². The smallest absolute Gasteiger partial charge is 0.0682 e. The molecule has 0 aromatic rings. The summed E-state index contributed by atoms with van der Waals surface area (Å²) < 4.78 is 0. The largest absolute Gasteiger partial charge is 0.393 e. The van der Waals surface area contributed by atoms with Gasteiger partial charge in [-0.1, -0.05) is 53.2 Å². The van der Waals surface area contributed by atoms with Gasteiger partial charge in [-0.2, -0.15) is 0 Å². The number of hydrogen-bond acceptors (Lipinski definition) is 2. The lowest BCUT2D eigenvalue weighted by Crippen LogP contribution is -2.53. The third-order valence-electron chi connectivity index (χ3n) is 11.7. The van der Waals surface area contributed by atoms with E-state index >= 15 is 0 Å². The summed E-state index contributed by atoms with van der Waals surface area (Å²) in [6.45, 7) is 14.0.